The SMILES string of the molecule is CC1CCN([C@H](C)CNC(=O)[C@H](C)N2C(=O)[C@@H](C)Oc3ccccc32)CC1. The van der Waals surface area contributed by atoms with E-state index in [0.29, 0.717) is 24.0 Å². The van der Waals surface area contributed by atoms with E-state index in [1.54, 1.807) is 18.7 Å². The van der Waals surface area contributed by atoms with Crippen molar-refractivity contribution < 1.29 is 14.3 Å². The molecule has 2 amide bonds. The number of anilines is 1. The first-order chi connectivity index (χ1) is 12.9. The molecular formula is C21H31N3O3. The van der Waals surface area contributed by atoms with Crippen molar-refractivity contribution in [3.8, 4) is 5.75 Å². The summed E-state index contributed by atoms with van der Waals surface area (Å²) in [6, 6.07) is 7.07. The highest BCUT2D eigenvalue weighted by atomic mass is 16.5. The van der Waals surface area contributed by atoms with Crippen molar-refractivity contribution in [2.75, 3.05) is 24.5 Å². The Balaban J connectivity index is 1.62. The Morgan fingerprint density at radius 2 is 1.89 bits per heavy atom. The largest absolute Gasteiger partial charge is 0.479 e. The number of piperidine rings is 1. The fraction of sp³-hybridized carbons (Fsp3) is 0.619. The number of amides is 2. The van der Waals surface area contributed by atoms with Gasteiger partial charge in [-0.15, -0.1) is 0 Å². The van der Waals surface area contributed by atoms with Crippen LogP contribution in [0.25, 0.3) is 0 Å². The molecule has 1 fully saturated rings. The average molecular weight is 373 g/mol. The number of carbonyl (C=O) groups is 2. The van der Waals surface area contributed by atoms with Gasteiger partial charge in [-0.3, -0.25) is 19.4 Å². The molecule has 1 N–H and O–H groups in total. The quantitative estimate of drug-likeness (QED) is 0.861. The van der Waals surface area contributed by atoms with E-state index >= 15 is 0 Å². The summed E-state index contributed by atoms with van der Waals surface area (Å²) in [5, 5.41) is 3.04. The number of para-hydroxylation sites is 2. The average Bonchev–Trinajstić information content (AvgIpc) is 2.67. The molecule has 148 valence electrons. The molecule has 2 aliphatic heterocycles. The number of nitrogens with one attached hydrogen (secondary N) is 1. The second-order valence-electron chi connectivity index (χ2n) is 7.92. The van der Waals surface area contributed by atoms with Crippen molar-refractivity contribution in [2.45, 2.75) is 58.7 Å². The predicted octanol–water partition coefficient (Wildman–Crippen LogP) is 2.43. The zero-order chi connectivity index (χ0) is 19.6. The van der Waals surface area contributed by atoms with Gasteiger partial charge >= 0.3 is 0 Å². The molecular weight excluding hydrogens is 342 g/mol. The highest BCUT2D eigenvalue weighted by molar-refractivity contribution is 6.05. The van der Waals surface area contributed by atoms with Crippen LogP contribution in [0.4, 0.5) is 5.69 Å². The Morgan fingerprint density at radius 1 is 1.22 bits per heavy atom. The third-order valence-electron chi connectivity index (χ3n) is 5.79. The van der Waals surface area contributed by atoms with Gasteiger partial charge in [0.25, 0.3) is 5.91 Å². The van der Waals surface area contributed by atoms with Crippen molar-refractivity contribution in [1.82, 2.24) is 10.2 Å². The molecule has 0 bridgehead atoms. The Labute approximate surface area is 161 Å². The molecule has 0 saturated carbocycles. The normalized spacial score (nSPS) is 23.3. The van der Waals surface area contributed by atoms with Crippen LogP contribution in [-0.2, 0) is 9.59 Å². The minimum absolute atomic E-state index is 0.135. The van der Waals surface area contributed by atoms with Crippen LogP contribution in [0, 0.1) is 5.92 Å². The van der Waals surface area contributed by atoms with Crippen LogP contribution in [0.2, 0.25) is 0 Å². The second kappa shape index (κ2) is 8.30. The zero-order valence-electron chi connectivity index (χ0n) is 16.8. The molecule has 1 saturated heterocycles. The maximum atomic E-state index is 12.8. The fourth-order valence-corrected chi connectivity index (χ4v) is 3.82. The second-order valence-corrected chi connectivity index (χ2v) is 7.92. The highest BCUT2D eigenvalue weighted by Crippen LogP contribution is 2.34. The summed E-state index contributed by atoms with van der Waals surface area (Å²) >= 11 is 0. The number of benzene rings is 1. The lowest BCUT2D eigenvalue weighted by atomic mass is 9.98. The van der Waals surface area contributed by atoms with Crippen LogP contribution >= 0.6 is 0 Å². The van der Waals surface area contributed by atoms with Crippen molar-refractivity contribution in [3.05, 3.63) is 24.3 Å². The monoisotopic (exact) mass is 373 g/mol. The Bertz CT molecular complexity index is 685. The van der Waals surface area contributed by atoms with Gasteiger partial charge in [-0.2, -0.15) is 0 Å². The van der Waals surface area contributed by atoms with Crippen molar-refractivity contribution in [3.63, 3.8) is 0 Å². The van der Waals surface area contributed by atoms with Gasteiger partial charge in [0.05, 0.1) is 5.69 Å². The lowest BCUT2D eigenvalue weighted by Gasteiger charge is -2.37. The molecule has 27 heavy (non-hydrogen) atoms. The summed E-state index contributed by atoms with van der Waals surface area (Å²) < 4.78 is 5.66. The minimum atomic E-state index is -0.593. The van der Waals surface area contributed by atoms with Gasteiger partial charge in [0.1, 0.15) is 11.8 Å². The molecule has 1 aromatic carbocycles. The van der Waals surface area contributed by atoms with Crippen molar-refractivity contribution in [1.29, 1.82) is 0 Å². The first-order valence-electron chi connectivity index (χ1n) is 9.99. The number of likely N-dealkylation sites (tertiary alicyclic amines) is 1. The molecule has 1 aromatic rings. The summed E-state index contributed by atoms with van der Waals surface area (Å²) in [7, 11) is 0. The van der Waals surface area contributed by atoms with Crippen molar-refractivity contribution in [2.24, 2.45) is 5.92 Å². The molecule has 3 rings (SSSR count). The summed E-state index contributed by atoms with van der Waals surface area (Å²) in [4.78, 5) is 29.4. The smallest absolute Gasteiger partial charge is 0.268 e. The molecule has 3 atom stereocenters. The third-order valence-corrected chi connectivity index (χ3v) is 5.79. The molecule has 0 aliphatic carbocycles. The summed E-state index contributed by atoms with van der Waals surface area (Å²) in [6.45, 7) is 10.7. The highest BCUT2D eigenvalue weighted by Gasteiger charge is 2.37. The van der Waals surface area contributed by atoms with E-state index in [9.17, 15) is 9.59 Å². The van der Waals surface area contributed by atoms with E-state index in [4.69, 9.17) is 4.74 Å². The topological polar surface area (TPSA) is 61.9 Å². The number of hydrogen-bond acceptors (Lipinski definition) is 4. The maximum Gasteiger partial charge on any atom is 0.268 e. The molecule has 0 aromatic heterocycles. The number of ether oxygens (including phenoxy) is 1. The molecule has 0 radical (unpaired) electrons. The van der Waals surface area contributed by atoms with Crippen LogP contribution in [0.15, 0.2) is 24.3 Å². The summed E-state index contributed by atoms with van der Waals surface area (Å²) in [6.07, 6.45) is 1.83. The number of fused-ring (bicyclic) bond motifs is 1. The number of nitrogens with zero attached hydrogens (tertiary/aromatic N) is 2. The standard InChI is InChI=1S/C21H31N3O3/c1-14-9-11-23(12-10-14)15(2)13-22-20(25)16(3)24-18-7-5-6-8-19(18)27-17(4)21(24)26/h5-8,14-17H,9-13H2,1-4H3,(H,22,25)/t15-,16+,17-/m1/s1. The molecule has 6 heteroatoms. The Kier molecular flexibility index (Phi) is 6.05. The fourth-order valence-electron chi connectivity index (χ4n) is 3.82. The lowest BCUT2D eigenvalue weighted by Crippen LogP contribution is -2.55. The molecule has 2 aliphatic rings. The molecule has 6 nitrogen and oxygen atoms in total. The van der Waals surface area contributed by atoms with E-state index in [2.05, 4.69) is 24.1 Å². The van der Waals surface area contributed by atoms with Crippen molar-refractivity contribution >= 4 is 17.5 Å². The minimum Gasteiger partial charge on any atom is -0.479 e. The van der Waals surface area contributed by atoms with E-state index in [1.165, 1.54) is 12.8 Å². The van der Waals surface area contributed by atoms with Gasteiger partial charge in [0.2, 0.25) is 5.91 Å². The lowest BCUT2D eigenvalue weighted by molar-refractivity contribution is -0.130. The van der Waals surface area contributed by atoms with Gasteiger partial charge in [0, 0.05) is 12.6 Å². The summed E-state index contributed by atoms with van der Waals surface area (Å²) in [5.74, 6) is 1.11. The first-order valence-corrected chi connectivity index (χ1v) is 9.99. The predicted molar refractivity (Wildman–Crippen MR) is 106 cm³/mol. The summed E-state index contributed by atoms with van der Waals surface area (Å²) in [5.41, 5.74) is 0.654. The number of carbonyl (C=O) groups excluding carboxylic acids is 2. The third kappa shape index (κ3) is 4.26. The van der Waals surface area contributed by atoms with Crippen LogP contribution in [0.1, 0.15) is 40.5 Å². The van der Waals surface area contributed by atoms with E-state index in [1.807, 2.05) is 24.3 Å². The van der Waals surface area contributed by atoms with E-state index in [-0.39, 0.29) is 11.8 Å². The molecule has 0 unspecified atom stereocenters. The van der Waals surface area contributed by atoms with Gasteiger partial charge in [-0.1, -0.05) is 19.1 Å². The Morgan fingerprint density at radius 3 is 2.59 bits per heavy atom. The molecule has 2 heterocycles. The van der Waals surface area contributed by atoms with Crippen LogP contribution in [0.3, 0.4) is 0 Å². The van der Waals surface area contributed by atoms with E-state index < -0.39 is 12.1 Å². The van der Waals surface area contributed by atoms with Gasteiger partial charge in [0.15, 0.2) is 6.10 Å². The Hall–Kier alpha value is -2.08. The first kappa shape index (κ1) is 19.7. The van der Waals surface area contributed by atoms with Gasteiger partial charge in [-0.25, -0.2) is 0 Å². The maximum absolute atomic E-state index is 12.8. The number of hydrogen-bond donors (Lipinski definition) is 1. The van der Waals surface area contributed by atoms with E-state index in [0.717, 1.165) is 19.0 Å². The van der Waals surface area contributed by atoms with Crippen LogP contribution in [-0.4, -0.2) is 54.5 Å². The zero-order valence-corrected chi connectivity index (χ0v) is 16.8. The van der Waals surface area contributed by atoms with Crippen LogP contribution < -0.4 is 15.0 Å². The van der Waals surface area contributed by atoms with Gasteiger partial charge < -0.3 is 10.1 Å². The molecule has 0 spiro atoms. The van der Waals surface area contributed by atoms with Gasteiger partial charge in [-0.05, 0) is 64.8 Å². The van der Waals surface area contributed by atoms with Crippen LogP contribution in [0.5, 0.6) is 5.75 Å². The number of rotatable bonds is 5.